The van der Waals surface area contributed by atoms with Gasteiger partial charge in [0.2, 0.25) is 0 Å². The lowest BCUT2D eigenvalue weighted by molar-refractivity contribution is 0.818. The fraction of sp³-hybridized carbons (Fsp3) is 0.250. The molecule has 100 valence electrons. The molecule has 0 bridgehead atoms. The van der Waals surface area contributed by atoms with Gasteiger partial charge in [-0.1, -0.05) is 35.3 Å². The van der Waals surface area contributed by atoms with E-state index in [1.165, 1.54) is 5.56 Å². The average molecular weight is 294 g/mol. The Morgan fingerprint density at radius 3 is 2.26 bits per heavy atom. The molecule has 0 unspecified atom stereocenters. The first-order valence-corrected chi connectivity index (χ1v) is 6.98. The highest BCUT2D eigenvalue weighted by molar-refractivity contribution is 6.33. The molecule has 0 amide bonds. The van der Waals surface area contributed by atoms with Gasteiger partial charge in [0.1, 0.15) is 0 Å². The quantitative estimate of drug-likeness (QED) is 0.840. The van der Waals surface area contributed by atoms with Crippen molar-refractivity contribution in [2.75, 3.05) is 7.05 Å². The van der Waals surface area contributed by atoms with Gasteiger partial charge >= 0.3 is 0 Å². The van der Waals surface area contributed by atoms with Crippen molar-refractivity contribution >= 4 is 23.2 Å². The molecule has 1 N–H and O–H groups in total. The molecule has 0 fully saturated rings. The number of rotatable bonds is 3. The van der Waals surface area contributed by atoms with Crippen molar-refractivity contribution in [3.63, 3.8) is 0 Å². The van der Waals surface area contributed by atoms with Crippen LogP contribution in [0.15, 0.2) is 30.3 Å². The predicted octanol–water partition coefficient (Wildman–Crippen LogP) is 5.00. The number of hydrogen-bond acceptors (Lipinski definition) is 1. The van der Waals surface area contributed by atoms with Gasteiger partial charge in [-0.25, -0.2) is 0 Å². The Kier molecular flexibility index (Phi) is 4.51. The van der Waals surface area contributed by atoms with Gasteiger partial charge in [-0.05, 0) is 61.3 Å². The third-order valence-electron chi connectivity index (χ3n) is 3.21. The van der Waals surface area contributed by atoms with E-state index in [0.29, 0.717) is 0 Å². The Morgan fingerprint density at radius 1 is 0.895 bits per heavy atom. The molecule has 0 atom stereocenters. The number of aryl methyl sites for hydroxylation is 2. The van der Waals surface area contributed by atoms with Gasteiger partial charge in [-0.15, -0.1) is 0 Å². The number of nitrogens with one attached hydrogen (secondary N) is 1. The van der Waals surface area contributed by atoms with E-state index in [4.69, 9.17) is 23.2 Å². The monoisotopic (exact) mass is 293 g/mol. The topological polar surface area (TPSA) is 12.0 Å². The van der Waals surface area contributed by atoms with Crippen molar-refractivity contribution in [2.24, 2.45) is 0 Å². The maximum atomic E-state index is 6.40. The fourth-order valence-corrected chi connectivity index (χ4v) is 2.69. The van der Waals surface area contributed by atoms with Crippen LogP contribution in [0.3, 0.4) is 0 Å². The summed E-state index contributed by atoms with van der Waals surface area (Å²) < 4.78 is 0. The van der Waals surface area contributed by atoms with Crippen LogP contribution in [0.1, 0.15) is 16.7 Å². The molecule has 0 radical (unpaired) electrons. The number of benzene rings is 2. The summed E-state index contributed by atoms with van der Waals surface area (Å²) in [5.41, 5.74) is 5.58. The maximum absolute atomic E-state index is 6.40. The standard InChI is InChI=1S/C16H17Cl2N/c1-10-7-15(17)11(2)6-14(10)13-5-4-12(9-19-3)8-16(13)18/h4-8,19H,9H2,1-3H3. The first-order valence-electron chi connectivity index (χ1n) is 6.23. The first-order chi connectivity index (χ1) is 9.02. The normalized spacial score (nSPS) is 10.8. The zero-order valence-corrected chi connectivity index (χ0v) is 12.9. The van der Waals surface area contributed by atoms with Crippen LogP contribution in [-0.2, 0) is 6.54 Å². The van der Waals surface area contributed by atoms with Crippen LogP contribution < -0.4 is 5.32 Å². The molecule has 0 aliphatic heterocycles. The van der Waals surface area contributed by atoms with E-state index in [1.807, 2.05) is 26.1 Å². The van der Waals surface area contributed by atoms with Crippen LogP contribution in [0.5, 0.6) is 0 Å². The molecule has 0 aliphatic carbocycles. The smallest absolute Gasteiger partial charge is 0.0487 e. The van der Waals surface area contributed by atoms with E-state index in [0.717, 1.165) is 38.8 Å². The highest BCUT2D eigenvalue weighted by atomic mass is 35.5. The highest BCUT2D eigenvalue weighted by Gasteiger charge is 2.09. The van der Waals surface area contributed by atoms with Gasteiger partial charge in [0, 0.05) is 22.2 Å². The molecule has 0 aromatic heterocycles. The van der Waals surface area contributed by atoms with Gasteiger partial charge in [0.25, 0.3) is 0 Å². The van der Waals surface area contributed by atoms with Crippen molar-refractivity contribution in [1.29, 1.82) is 0 Å². The Morgan fingerprint density at radius 2 is 1.63 bits per heavy atom. The van der Waals surface area contributed by atoms with Crippen molar-refractivity contribution in [2.45, 2.75) is 20.4 Å². The largest absolute Gasteiger partial charge is 0.316 e. The van der Waals surface area contributed by atoms with Crippen molar-refractivity contribution in [3.8, 4) is 11.1 Å². The lowest BCUT2D eigenvalue weighted by Gasteiger charge is -2.12. The average Bonchev–Trinajstić information content (AvgIpc) is 2.35. The van der Waals surface area contributed by atoms with E-state index >= 15 is 0 Å². The lowest BCUT2D eigenvalue weighted by Crippen LogP contribution is -2.04. The third-order valence-corrected chi connectivity index (χ3v) is 3.93. The van der Waals surface area contributed by atoms with E-state index < -0.39 is 0 Å². The fourth-order valence-electron chi connectivity index (χ4n) is 2.16. The molecule has 0 spiro atoms. The van der Waals surface area contributed by atoms with Crippen molar-refractivity contribution in [3.05, 3.63) is 57.1 Å². The Labute approximate surface area is 124 Å². The molecule has 1 nitrogen and oxygen atoms in total. The second kappa shape index (κ2) is 5.96. The molecule has 3 heteroatoms. The Hall–Kier alpha value is -1.02. The maximum Gasteiger partial charge on any atom is 0.0487 e. The lowest BCUT2D eigenvalue weighted by atomic mass is 9.97. The van der Waals surface area contributed by atoms with Crippen LogP contribution in [0.4, 0.5) is 0 Å². The van der Waals surface area contributed by atoms with Gasteiger partial charge < -0.3 is 5.32 Å². The molecule has 0 aliphatic rings. The molecule has 0 saturated heterocycles. The number of halogens is 2. The van der Waals surface area contributed by atoms with Crippen LogP contribution in [0, 0.1) is 13.8 Å². The van der Waals surface area contributed by atoms with E-state index in [2.05, 4.69) is 30.4 Å². The summed E-state index contributed by atoms with van der Waals surface area (Å²) in [6, 6.07) is 10.3. The molecule has 19 heavy (non-hydrogen) atoms. The summed E-state index contributed by atoms with van der Waals surface area (Å²) >= 11 is 12.5. The summed E-state index contributed by atoms with van der Waals surface area (Å²) in [7, 11) is 1.93. The third kappa shape index (κ3) is 3.11. The zero-order valence-electron chi connectivity index (χ0n) is 11.3. The molecule has 2 aromatic rings. The first kappa shape index (κ1) is 14.4. The van der Waals surface area contributed by atoms with Crippen LogP contribution in [0.25, 0.3) is 11.1 Å². The molecular formula is C16H17Cl2N. The van der Waals surface area contributed by atoms with Crippen LogP contribution in [0.2, 0.25) is 10.0 Å². The SMILES string of the molecule is CNCc1ccc(-c2cc(C)c(Cl)cc2C)c(Cl)c1. The minimum absolute atomic E-state index is 0.776. The van der Waals surface area contributed by atoms with Gasteiger partial charge in [0.15, 0.2) is 0 Å². The second-order valence-corrected chi connectivity index (χ2v) is 5.58. The van der Waals surface area contributed by atoms with E-state index in [1.54, 1.807) is 0 Å². The summed E-state index contributed by atoms with van der Waals surface area (Å²) in [4.78, 5) is 0. The minimum atomic E-state index is 0.776. The summed E-state index contributed by atoms with van der Waals surface area (Å²) in [5, 5.41) is 4.69. The predicted molar refractivity (Wildman–Crippen MR) is 84.1 cm³/mol. The van der Waals surface area contributed by atoms with Crippen LogP contribution in [-0.4, -0.2) is 7.05 Å². The molecule has 2 aromatic carbocycles. The molecule has 0 heterocycles. The summed E-state index contributed by atoms with van der Waals surface area (Å²) in [6.45, 7) is 4.88. The van der Waals surface area contributed by atoms with Crippen LogP contribution >= 0.6 is 23.2 Å². The van der Waals surface area contributed by atoms with E-state index in [-0.39, 0.29) is 0 Å². The number of hydrogen-bond donors (Lipinski definition) is 1. The highest BCUT2D eigenvalue weighted by Crippen LogP contribution is 2.33. The van der Waals surface area contributed by atoms with Crippen molar-refractivity contribution in [1.82, 2.24) is 5.32 Å². The molecule has 0 saturated carbocycles. The summed E-state index contributed by atoms with van der Waals surface area (Å²) in [6.07, 6.45) is 0. The van der Waals surface area contributed by atoms with Gasteiger partial charge in [0.05, 0.1) is 0 Å². The second-order valence-electron chi connectivity index (χ2n) is 4.76. The molecular weight excluding hydrogens is 277 g/mol. The minimum Gasteiger partial charge on any atom is -0.316 e. The molecule has 2 rings (SSSR count). The zero-order chi connectivity index (χ0) is 14.0. The van der Waals surface area contributed by atoms with Crippen molar-refractivity contribution < 1.29 is 0 Å². The Bertz CT molecular complexity index is 606. The van der Waals surface area contributed by atoms with Gasteiger partial charge in [-0.2, -0.15) is 0 Å². The van der Waals surface area contributed by atoms with E-state index in [9.17, 15) is 0 Å². The Balaban J connectivity index is 2.50. The van der Waals surface area contributed by atoms with Gasteiger partial charge in [-0.3, -0.25) is 0 Å². The summed E-state index contributed by atoms with van der Waals surface area (Å²) in [5.74, 6) is 0.